The van der Waals surface area contributed by atoms with Crippen LogP contribution >= 0.6 is 0 Å². The summed E-state index contributed by atoms with van der Waals surface area (Å²) in [7, 11) is 0. The second-order valence-corrected chi connectivity index (χ2v) is 4.71. The molecule has 1 aromatic rings. The molecule has 0 spiro atoms. The summed E-state index contributed by atoms with van der Waals surface area (Å²) in [6.07, 6.45) is -0.996. The number of ketones is 1. The maximum absolute atomic E-state index is 12.1. The first-order valence-corrected chi connectivity index (χ1v) is 6.48. The lowest BCUT2D eigenvalue weighted by Crippen LogP contribution is -2.49. The van der Waals surface area contributed by atoms with Crippen LogP contribution in [0.15, 0.2) is 24.3 Å². The standard InChI is InChI=1S/C14H16N2O5/c1-9(17)10-2-4-11(5-3-10)15-14(20)16-6-7-21-12(8-16)13(18)19/h2-5,12H,6-8H2,1H3,(H,15,20)(H,18,19). The van der Waals surface area contributed by atoms with Crippen molar-refractivity contribution in [1.82, 2.24) is 4.90 Å². The number of hydrogen-bond donors (Lipinski definition) is 2. The third kappa shape index (κ3) is 3.79. The number of carboxylic acid groups (broad SMARTS) is 1. The fraction of sp³-hybridized carbons (Fsp3) is 0.357. The van der Waals surface area contributed by atoms with E-state index in [0.29, 0.717) is 17.8 Å². The molecule has 2 amide bonds. The number of carbonyl (C=O) groups is 3. The number of nitrogens with zero attached hydrogens (tertiary/aromatic N) is 1. The highest BCUT2D eigenvalue weighted by atomic mass is 16.5. The molecule has 21 heavy (non-hydrogen) atoms. The molecule has 1 saturated heterocycles. The van der Waals surface area contributed by atoms with E-state index in [1.165, 1.54) is 11.8 Å². The number of benzene rings is 1. The maximum atomic E-state index is 12.1. The summed E-state index contributed by atoms with van der Waals surface area (Å²) in [5.41, 5.74) is 1.11. The Bertz CT molecular complexity index is 555. The maximum Gasteiger partial charge on any atom is 0.334 e. The van der Waals surface area contributed by atoms with E-state index in [9.17, 15) is 14.4 Å². The molecular formula is C14H16N2O5. The number of carbonyl (C=O) groups excluding carboxylic acids is 2. The quantitative estimate of drug-likeness (QED) is 0.816. The molecule has 0 aliphatic carbocycles. The zero-order valence-electron chi connectivity index (χ0n) is 11.5. The minimum absolute atomic E-state index is 0.00664. The summed E-state index contributed by atoms with van der Waals surface area (Å²) >= 11 is 0. The third-order valence-corrected chi connectivity index (χ3v) is 3.17. The Morgan fingerprint density at radius 2 is 1.95 bits per heavy atom. The third-order valence-electron chi connectivity index (χ3n) is 3.17. The van der Waals surface area contributed by atoms with Gasteiger partial charge in [0.05, 0.1) is 13.2 Å². The number of ether oxygens (including phenoxy) is 1. The van der Waals surface area contributed by atoms with Gasteiger partial charge in [-0.15, -0.1) is 0 Å². The first-order valence-electron chi connectivity index (χ1n) is 6.48. The topological polar surface area (TPSA) is 95.9 Å². The van der Waals surface area contributed by atoms with Crippen molar-refractivity contribution < 1.29 is 24.2 Å². The molecule has 112 valence electrons. The van der Waals surface area contributed by atoms with Crippen molar-refractivity contribution >= 4 is 23.5 Å². The summed E-state index contributed by atoms with van der Waals surface area (Å²) in [4.78, 5) is 35.5. The van der Waals surface area contributed by atoms with Crippen LogP contribution in [0.5, 0.6) is 0 Å². The van der Waals surface area contributed by atoms with Crippen LogP contribution in [0.3, 0.4) is 0 Å². The van der Waals surface area contributed by atoms with Gasteiger partial charge in [-0.1, -0.05) is 0 Å². The van der Waals surface area contributed by atoms with Crippen LogP contribution in [-0.4, -0.2) is 53.6 Å². The monoisotopic (exact) mass is 292 g/mol. The number of amides is 2. The van der Waals surface area contributed by atoms with E-state index < -0.39 is 12.1 Å². The van der Waals surface area contributed by atoms with Crippen molar-refractivity contribution in [2.75, 3.05) is 25.0 Å². The highest BCUT2D eigenvalue weighted by Gasteiger charge is 2.28. The van der Waals surface area contributed by atoms with Crippen LogP contribution in [0.1, 0.15) is 17.3 Å². The lowest BCUT2D eigenvalue weighted by atomic mass is 10.1. The summed E-state index contributed by atoms with van der Waals surface area (Å²) < 4.78 is 5.05. The Balaban J connectivity index is 1.97. The van der Waals surface area contributed by atoms with Gasteiger partial charge in [0.2, 0.25) is 0 Å². The van der Waals surface area contributed by atoms with E-state index >= 15 is 0 Å². The number of aliphatic carboxylic acids is 1. The molecule has 2 rings (SSSR count). The fourth-order valence-electron chi connectivity index (χ4n) is 1.97. The molecule has 1 unspecified atom stereocenters. The molecule has 7 nitrogen and oxygen atoms in total. The van der Waals surface area contributed by atoms with Gasteiger partial charge in [0.15, 0.2) is 11.9 Å². The Kier molecular flexibility index (Phi) is 4.54. The molecule has 0 aromatic heterocycles. The van der Waals surface area contributed by atoms with Gasteiger partial charge in [0.25, 0.3) is 0 Å². The van der Waals surface area contributed by atoms with Crippen molar-refractivity contribution in [3.05, 3.63) is 29.8 Å². The molecule has 1 aliphatic rings. The van der Waals surface area contributed by atoms with E-state index in [-0.39, 0.29) is 25.0 Å². The summed E-state index contributed by atoms with van der Waals surface area (Å²) in [6, 6.07) is 6.11. The number of Topliss-reactive ketones (excluding diaryl/α,β-unsaturated/α-hetero) is 1. The van der Waals surface area contributed by atoms with Crippen LogP contribution in [0.25, 0.3) is 0 Å². The van der Waals surface area contributed by atoms with Crippen molar-refractivity contribution in [2.45, 2.75) is 13.0 Å². The minimum atomic E-state index is -1.08. The molecule has 1 fully saturated rings. The number of nitrogens with one attached hydrogen (secondary N) is 1. The molecule has 2 N–H and O–H groups in total. The lowest BCUT2D eigenvalue weighted by Gasteiger charge is -2.30. The second kappa shape index (κ2) is 6.36. The Labute approximate surface area is 121 Å². The lowest BCUT2D eigenvalue weighted by molar-refractivity contribution is -0.154. The first-order chi connectivity index (χ1) is 9.97. The van der Waals surface area contributed by atoms with Crippen molar-refractivity contribution in [3.63, 3.8) is 0 Å². The van der Waals surface area contributed by atoms with Gasteiger partial charge < -0.3 is 20.1 Å². The summed E-state index contributed by atoms with van der Waals surface area (Å²) in [5.74, 6) is -1.14. The molecule has 1 aromatic carbocycles. The van der Waals surface area contributed by atoms with Crippen LogP contribution in [-0.2, 0) is 9.53 Å². The predicted molar refractivity (Wildman–Crippen MR) is 74.4 cm³/mol. The zero-order valence-corrected chi connectivity index (χ0v) is 11.5. The van der Waals surface area contributed by atoms with Crippen molar-refractivity contribution in [2.24, 2.45) is 0 Å². The van der Waals surface area contributed by atoms with E-state index in [2.05, 4.69) is 5.32 Å². The van der Waals surface area contributed by atoms with Gasteiger partial charge in [-0.2, -0.15) is 0 Å². The van der Waals surface area contributed by atoms with Crippen LogP contribution in [0.4, 0.5) is 10.5 Å². The average molecular weight is 292 g/mol. The van der Waals surface area contributed by atoms with E-state index in [1.807, 2.05) is 0 Å². The van der Waals surface area contributed by atoms with Gasteiger partial charge in [-0.05, 0) is 31.2 Å². The van der Waals surface area contributed by atoms with Gasteiger partial charge in [-0.25, -0.2) is 9.59 Å². The summed E-state index contributed by atoms with van der Waals surface area (Å²) in [5, 5.41) is 11.6. The number of urea groups is 1. The molecule has 1 atom stereocenters. The highest BCUT2D eigenvalue weighted by Crippen LogP contribution is 2.12. The minimum Gasteiger partial charge on any atom is -0.479 e. The molecule has 0 bridgehead atoms. The second-order valence-electron chi connectivity index (χ2n) is 4.71. The SMILES string of the molecule is CC(=O)c1ccc(NC(=O)N2CCOC(C(=O)O)C2)cc1. The number of carboxylic acids is 1. The molecule has 1 heterocycles. The highest BCUT2D eigenvalue weighted by molar-refractivity contribution is 5.95. The van der Waals surface area contributed by atoms with E-state index in [1.54, 1.807) is 24.3 Å². The Morgan fingerprint density at radius 3 is 2.52 bits per heavy atom. The van der Waals surface area contributed by atoms with Gasteiger partial charge in [0, 0.05) is 17.8 Å². The first kappa shape index (κ1) is 15.0. The van der Waals surface area contributed by atoms with Crippen LogP contribution in [0, 0.1) is 0 Å². The van der Waals surface area contributed by atoms with Crippen molar-refractivity contribution in [1.29, 1.82) is 0 Å². The van der Waals surface area contributed by atoms with E-state index in [0.717, 1.165) is 0 Å². The molecule has 0 radical (unpaired) electrons. The predicted octanol–water partition coefficient (Wildman–Crippen LogP) is 1.21. The number of rotatable bonds is 3. The normalized spacial score (nSPS) is 18.1. The van der Waals surface area contributed by atoms with Gasteiger partial charge in [0.1, 0.15) is 0 Å². The number of anilines is 1. The zero-order chi connectivity index (χ0) is 15.4. The molecule has 1 aliphatic heterocycles. The summed E-state index contributed by atoms with van der Waals surface area (Å²) in [6.45, 7) is 1.99. The Morgan fingerprint density at radius 1 is 1.29 bits per heavy atom. The number of hydrogen-bond acceptors (Lipinski definition) is 4. The Hall–Kier alpha value is -2.41. The molecule has 0 saturated carbocycles. The average Bonchev–Trinajstić information content (AvgIpc) is 2.48. The number of morpholine rings is 1. The molecular weight excluding hydrogens is 276 g/mol. The molecule has 7 heteroatoms. The van der Waals surface area contributed by atoms with Gasteiger partial charge >= 0.3 is 12.0 Å². The van der Waals surface area contributed by atoms with Crippen LogP contribution in [0.2, 0.25) is 0 Å². The van der Waals surface area contributed by atoms with Crippen molar-refractivity contribution in [3.8, 4) is 0 Å². The van der Waals surface area contributed by atoms with Gasteiger partial charge in [-0.3, -0.25) is 4.79 Å². The smallest absolute Gasteiger partial charge is 0.334 e. The largest absolute Gasteiger partial charge is 0.479 e. The van der Waals surface area contributed by atoms with E-state index in [4.69, 9.17) is 9.84 Å². The fourth-order valence-corrected chi connectivity index (χ4v) is 1.97. The van der Waals surface area contributed by atoms with Crippen LogP contribution < -0.4 is 5.32 Å².